The molecule has 0 unspecified atom stereocenters. The Bertz CT molecular complexity index is 359. The van der Waals surface area contributed by atoms with Crippen LogP contribution in [0.5, 0.6) is 0 Å². The van der Waals surface area contributed by atoms with Crippen molar-refractivity contribution in [3.05, 3.63) is 6.20 Å². The van der Waals surface area contributed by atoms with Gasteiger partial charge in [-0.15, -0.1) is 0 Å². The second-order valence-electron chi connectivity index (χ2n) is 4.85. The van der Waals surface area contributed by atoms with E-state index in [1.54, 1.807) is 13.2 Å². The average Bonchev–Trinajstić information content (AvgIpc) is 2.56. The third-order valence-electron chi connectivity index (χ3n) is 3.11. The highest BCUT2D eigenvalue weighted by Gasteiger charge is 2.52. The van der Waals surface area contributed by atoms with E-state index >= 15 is 0 Å². The molecule has 0 aromatic carbocycles. The zero-order valence-electron chi connectivity index (χ0n) is 9.81. The molecule has 1 fully saturated rings. The molecule has 0 spiro atoms. The van der Waals surface area contributed by atoms with E-state index in [0.29, 0.717) is 0 Å². The quantitative estimate of drug-likeness (QED) is 0.616. The van der Waals surface area contributed by atoms with Crippen LogP contribution in [0.1, 0.15) is 27.7 Å². The summed E-state index contributed by atoms with van der Waals surface area (Å²) in [5.74, 6) is 0. The SMILES string of the molecule is Cn1ncc(B2OC(C)(C)C(C)(C)O2)n1. The molecule has 15 heavy (non-hydrogen) atoms. The van der Waals surface area contributed by atoms with Crippen molar-refractivity contribution in [3.63, 3.8) is 0 Å². The molecule has 6 heteroatoms. The summed E-state index contributed by atoms with van der Waals surface area (Å²) in [5, 5.41) is 8.18. The van der Waals surface area contributed by atoms with Gasteiger partial charge in [0.2, 0.25) is 0 Å². The molecule has 5 nitrogen and oxygen atoms in total. The minimum Gasteiger partial charge on any atom is -0.398 e. The number of hydrogen-bond donors (Lipinski definition) is 0. The lowest BCUT2D eigenvalue weighted by atomic mass is 9.86. The first-order valence-electron chi connectivity index (χ1n) is 5.04. The van der Waals surface area contributed by atoms with Gasteiger partial charge in [0.15, 0.2) is 0 Å². The van der Waals surface area contributed by atoms with E-state index in [9.17, 15) is 0 Å². The second kappa shape index (κ2) is 3.06. The maximum Gasteiger partial charge on any atom is 0.518 e. The standard InChI is InChI=1S/C9H16BN3O2/c1-8(2)9(3,4)15-10(14-8)7-6-11-13(5)12-7/h6H,1-5H3. The summed E-state index contributed by atoms with van der Waals surface area (Å²) < 4.78 is 11.7. The molecule has 0 radical (unpaired) electrons. The zero-order valence-corrected chi connectivity index (χ0v) is 9.81. The lowest BCUT2D eigenvalue weighted by Crippen LogP contribution is -2.41. The predicted octanol–water partition coefficient (Wildman–Crippen LogP) is 0.114. The Kier molecular flexibility index (Phi) is 2.17. The molecule has 1 saturated heterocycles. The van der Waals surface area contributed by atoms with Crippen molar-refractivity contribution in [1.82, 2.24) is 15.0 Å². The van der Waals surface area contributed by atoms with Crippen molar-refractivity contribution in [3.8, 4) is 0 Å². The minimum atomic E-state index is -0.413. The van der Waals surface area contributed by atoms with Gasteiger partial charge in [-0.2, -0.15) is 15.0 Å². The van der Waals surface area contributed by atoms with Crippen LogP contribution in [-0.2, 0) is 16.4 Å². The molecule has 0 amide bonds. The molecule has 1 aliphatic heterocycles. The van der Waals surface area contributed by atoms with Gasteiger partial charge in [-0.25, -0.2) is 0 Å². The van der Waals surface area contributed by atoms with E-state index < -0.39 is 7.12 Å². The van der Waals surface area contributed by atoms with Crippen molar-refractivity contribution in [2.75, 3.05) is 0 Å². The van der Waals surface area contributed by atoms with Crippen molar-refractivity contribution in [1.29, 1.82) is 0 Å². The number of rotatable bonds is 1. The number of aryl methyl sites for hydroxylation is 1. The fourth-order valence-corrected chi connectivity index (χ4v) is 1.43. The van der Waals surface area contributed by atoms with Gasteiger partial charge in [-0.3, -0.25) is 0 Å². The van der Waals surface area contributed by atoms with Gasteiger partial charge < -0.3 is 9.31 Å². The Morgan fingerprint density at radius 3 is 2.13 bits per heavy atom. The van der Waals surface area contributed by atoms with Gasteiger partial charge in [-0.05, 0) is 27.7 Å². The van der Waals surface area contributed by atoms with Crippen LogP contribution in [0.4, 0.5) is 0 Å². The summed E-state index contributed by atoms with van der Waals surface area (Å²) in [7, 11) is 1.36. The van der Waals surface area contributed by atoms with Crippen LogP contribution in [0.2, 0.25) is 0 Å². The summed E-state index contributed by atoms with van der Waals surface area (Å²) in [6.45, 7) is 8.07. The Hall–Kier alpha value is -0.875. The molecule has 2 rings (SSSR count). The van der Waals surface area contributed by atoms with E-state index in [2.05, 4.69) is 10.2 Å². The van der Waals surface area contributed by atoms with E-state index in [-0.39, 0.29) is 11.2 Å². The van der Waals surface area contributed by atoms with Crippen LogP contribution in [-0.4, -0.2) is 33.3 Å². The van der Waals surface area contributed by atoms with Crippen molar-refractivity contribution in [2.24, 2.45) is 7.05 Å². The van der Waals surface area contributed by atoms with Crippen molar-refractivity contribution < 1.29 is 9.31 Å². The van der Waals surface area contributed by atoms with Crippen LogP contribution in [0.3, 0.4) is 0 Å². The molecular weight excluding hydrogens is 193 g/mol. The highest BCUT2D eigenvalue weighted by atomic mass is 16.7. The summed E-state index contributed by atoms with van der Waals surface area (Å²) in [5.41, 5.74) is 0.0702. The molecule has 0 saturated carbocycles. The van der Waals surface area contributed by atoms with E-state index in [1.165, 1.54) is 4.80 Å². The molecule has 82 valence electrons. The smallest absolute Gasteiger partial charge is 0.398 e. The van der Waals surface area contributed by atoms with Gasteiger partial charge in [0, 0.05) is 7.05 Å². The van der Waals surface area contributed by atoms with E-state index in [0.717, 1.165) is 5.59 Å². The number of hydrogen-bond acceptors (Lipinski definition) is 4. The van der Waals surface area contributed by atoms with Crippen LogP contribution in [0.15, 0.2) is 6.20 Å². The largest absolute Gasteiger partial charge is 0.518 e. The highest BCUT2D eigenvalue weighted by Crippen LogP contribution is 2.36. The fraction of sp³-hybridized carbons (Fsp3) is 0.778. The van der Waals surface area contributed by atoms with Gasteiger partial charge in [0.05, 0.1) is 17.4 Å². The Morgan fingerprint density at radius 1 is 1.20 bits per heavy atom. The third-order valence-corrected chi connectivity index (χ3v) is 3.11. The molecule has 1 aromatic rings. The zero-order chi connectivity index (χ0) is 11.3. The fourth-order valence-electron chi connectivity index (χ4n) is 1.43. The van der Waals surface area contributed by atoms with Crippen LogP contribution >= 0.6 is 0 Å². The highest BCUT2D eigenvalue weighted by molar-refractivity contribution is 6.61. The van der Waals surface area contributed by atoms with Gasteiger partial charge in [0.1, 0.15) is 5.59 Å². The van der Waals surface area contributed by atoms with E-state index in [1.807, 2.05) is 27.7 Å². The van der Waals surface area contributed by atoms with Crippen molar-refractivity contribution in [2.45, 2.75) is 38.9 Å². The second-order valence-corrected chi connectivity index (χ2v) is 4.85. The summed E-state index contributed by atoms with van der Waals surface area (Å²) in [4.78, 5) is 1.50. The lowest BCUT2D eigenvalue weighted by Gasteiger charge is -2.32. The van der Waals surface area contributed by atoms with Crippen LogP contribution in [0, 0.1) is 0 Å². The molecule has 0 atom stereocenters. The van der Waals surface area contributed by atoms with E-state index in [4.69, 9.17) is 9.31 Å². The predicted molar refractivity (Wildman–Crippen MR) is 56.7 cm³/mol. The third kappa shape index (κ3) is 1.68. The molecular formula is C9H16BN3O2. The molecule has 0 bridgehead atoms. The normalized spacial score (nSPS) is 23.4. The Morgan fingerprint density at radius 2 is 1.73 bits per heavy atom. The van der Waals surface area contributed by atoms with Gasteiger partial charge >= 0.3 is 7.12 Å². The summed E-state index contributed by atoms with van der Waals surface area (Å²) >= 11 is 0. The maximum atomic E-state index is 5.83. The summed E-state index contributed by atoms with van der Waals surface area (Å²) in [6, 6.07) is 0. The number of nitrogens with zero attached hydrogens (tertiary/aromatic N) is 3. The first kappa shape index (κ1) is 10.6. The molecule has 0 aliphatic carbocycles. The minimum absolute atomic E-state index is 0.324. The lowest BCUT2D eigenvalue weighted by molar-refractivity contribution is 0.00578. The molecule has 0 N–H and O–H groups in total. The Labute approximate surface area is 89.9 Å². The first-order valence-corrected chi connectivity index (χ1v) is 5.04. The average molecular weight is 209 g/mol. The number of aromatic nitrogens is 3. The molecule has 1 aliphatic rings. The molecule has 2 heterocycles. The molecule has 1 aromatic heterocycles. The van der Waals surface area contributed by atoms with Crippen molar-refractivity contribution >= 4 is 12.7 Å². The topological polar surface area (TPSA) is 49.2 Å². The summed E-state index contributed by atoms with van der Waals surface area (Å²) in [6.07, 6.45) is 1.67. The Balaban J connectivity index is 2.23. The van der Waals surface area contributed by atoms with Crippen LogP contribution in [0.25, 0.3) is 0 Å². The maximum absolute atomic E-state index is 5.83. The van der Waals surface area contributed by atoms with Gasteiger partial charge in [0.25, 0.3) is 0 Å². The first-order chi connectivity index (χ1) is 6.82. The van der Waals surface area contributed by atoms with Gasteiger partial charge in [-0.1, -0.05) is 0 Å². The monoisotopic (exact) mass is 209 g/mol. The van der Waals surface area contributed by atoms with Crippen LogP contribution < -0.4 is 5.59 Å².